The quantitative estimate of drug-likeness (QED) is 0.865. The van der Waals surface area contributed by atoms with Crippen LogP contribution in [-0.4, -0.2) is 9.78 Å². The number of nitrogens with two attached hydrogens (primary N) is 1. The van der Waals surface area contributed by atoms with Gasteiger partial charge in [-0.1, -0.05) is 6.07 Å². The van der Waals surface area contributed by atoms with Gasteiger partial charge in [-0.3, -0.25) is 4.68 Å². The van der Waals surface area contributed by atoms with E-state index in [1.165, 1.54) is 4.88 Å². The lowest BCUT2D eigenvalue weighted by Gasteiger charge is -2.08. The van der Waals surface area contributed by atoms with E-state index in [1.807, 2.05) is 30.8 Å². The van der Waals surface area contributed by atoms with Crippen molar-refractivity contribution in [2.75, 3.05) is 0 Å². The molecule has 2 heterocycles. The maximum absolute atomic E-state index is 6.10. The van der Waals surface area contributed by atoms with E-state index < -0.39 is 0 Å². The first-order valence-electron chi connectivity index (χ1n) is 5.52. The second-order valence-corrected chi connectivity index (χ2v) is 5.06. The highest BCUT2D eigenvalue weighted by molar-refractivity contribution is 7.09. The van der Waals surface area contributed by atoms with Gasteiger partial charge >= 0.3 is 0 Å². The summed E-state index contributed by atoms with van der Waals surface area (Å²) < 4.78 is 1.80. The first-order chi connectivity index (χ1) is 7.75. The van der Waals surface area contributed by atoms with E-state index in [2.05, 4.69) is 22.6 Å². The highest BCUT2D eigenvalue weighted by Crippen LogP contribution is 2.18. The molecule has 2 aromatic rings. The van der Waals surface area contributed by atoms with Crippen molar-refractivity contribution >= 4 is 11.3 Å². The van der Waals surface area contributed by atoms with E-state index in [1.54, 1.807) is 4.68 Å². The topological polar surface area (TPSA) is 43.8 Å². The molecule has 0 fully saturated rings. The Morgan fingerprint density at radius 2 is 2.44 bits per heavy atom. The summed E-state index contributed by atoms with van der Waals surface area (Å²) in [5.41, 5.74) is 7.23. The van der Waals surface area contributed by atoms with Crippen LogP contribution < -0.4 is 5.73 Å². The molecule has 0 aliphatic heterocycles. The monoisotopic (exact) mass is 235 g/mol. The van der Waals surface area contributed by atoms with E-state index in [-0.39, 0.29) is 6.04 Å². The summed E-state index contributed by atoms with van der Waals surface area (Å²) >= 11 is 1.82. The van der Waals surface area contributed by atoms with Gasteiger partial charge in [0.05, 0.1) is 6.20 Å². The summed E-state index contributed by atoms with van der Waals surface area (Å²) in [7, 11) is 1.92. The van der Waals surface area contributed by atoms with Crippen LogP contribution in [0.15, 0.2) is 29.9 Å². The average molecular weight is 235 g/mol. The molecule has 0 saturated heterocycles. The molecule has 16 heavy (non-hydrogen) atoms. The van der Waals surface area contributed by atoms with Crippen molar-refractivity contribution in [1.29, 1.82) is 0 Å². The van der Waals surface area contributed by atoms with Crippen LogP contribution in [0.25, 0.3) is 0 Å². The predicted molar refractivity (Wildman–Crippen MR) is 67.4 cm³/mol. The van der Waals surface area contributed by atoms with Crippen LogP contribution in [0.5, 0.6) is 0 Å². The van der Waals surface area contributed by atoms with Gasteiger partial charge < -0.3 is 5.73 Å². The maximum atomic E-state index is 6.10. The molecule has 3 nitrogen and oxygen atoms in total. The van der Waals surface area contributed by atoms with Gasteiger partial charge in [0, 0.05) is 29.7 Å². The second kappa shape index (κ2) is 5.27. The van der Waals surface area contributed by atoms with Crippen molar-refractivity contribution in [2.24, 2.45) is 12.8 Å². The number of hydrogen-bond acceptors (Lipinski definition) is 3. The van der Waals surface area contributed by atoms with Gasteiger partial charge in [-0.25, -0.2) is 0 Å². The van der Waals surface area contributed by atoms with Gasteiger partial charge in [-0.05, 0) is 30.7 Å². The van der Waals surface area contributed by atoms with Crippen molar-refractivity contribution in [1.82, 2.24) is 9.78 Å². The van der Waals surface area contributed by atoms with Crippen molar-refractivity contribution in [3.63, 3.8) is 0 Å². The largest absolute Gasteiger partial charge is 0.324 e. The molecule has 0 aliphatic rings. The Kier molecular flexibility index (Phi) is 3.74. The van der Waals surface area contributed by atoms with Crippen molar-refractivity contribution in [3.8, 4) is 0 Å². The Labute approximate surface area is 99.9 Å². The summed E-state index contributed by atoms with van der Waals surface area (Å²) in [6.07, 6.45) is 7.14. The molecule has 2 aromatic heterocycles. The third-order valence-electron chi connectivity index (χ3n) is 2.67. The molecule has 2 rings (SSSR count). The molecule has 2 N–H and O–H groups in total. The van der Waals surface area contributed by atoms with Crippen LogP contribution in [-0.2, 0) is 13.5 Å². The normalized spacial score (nSPS) is 12.9. The Morgan fingerprint density at radius 1 is 1.56 bits per heavy atom. The first kappa shape index (κ1) is 11.4. The Morgan fingerprint density at radius 3 is 3.06 bits per heavy atom. The van der Waals surface area contributed by atoms with Crippen LogP contribution in [0.1, 0.15) is 29.3 Å². The number of hydrogen-bond donors (Lipinski definition) is 1. The van der Waals surface area contributed by atoms with Crippen molar-refractivity contribution in [2.45, 2.75) is 25.3 Å². The molecule has 86 valence electrons. The first-order valence-corrected chi connectivity index (χ1v) is 6.40. The maximum Gasteiger partial charge on any atom is 0.0537 e. The zero-order valence-electron chi connectivity index (χ0n) is 9.47. The molecule has 1 unspecified atom stereocenters. The SMILES string of the molecule is Cn1cc(C(N)CCCc2cccs2)cn1. The van der Waals surface area contributed by atoms with Gasteiger partial charge in [0.2, 0.25) is 0 Å². The minimum absolute atomic E-state index is 0.119. The van der Waals surface area contributed by atoms with Crippen LogP contribution in [0.4, 0.5) is 0 Å². The van der Waals surface area contributed by atoms with Gasteiger partial charge in [0.15, 0.2) is 0 Å². The predicted octanol–water partition coefficient (Wildman–Crippen LogP) is 2.50. The molecule has 0 amide bonds. The van der Waals surface area contributed by atoms with Crippen molar-refractivity contribution in [3.05, 3.63) is 40.3 Å². The third kappa shape index (κ3) is 2.93. The standard InChI is InChI=1S/C12H17N3S/c1-15-9-10(8-14-15)12(13)6-2-4-11-5-3-7-16-11/h3,5,7-9,12H,2,4,6,13H2,1H3. The fourth-order valence-electron chi connectivity index (χ4n) is 1.75. The number of rotatable bonds is 5. The van der Waals surface area contributed by atoms with Crippen LogP contribution in [0.2, 0.25) is 0 Å². The molecule has 0 aliphatic carbocycles. The second-order valence-electron chi connectivity index (χ2n) is 4.03. The third-order valence-corrected chi connectivity index (χ3v) is 3.61. The number of thiophene rings is 1. The van der Waals surface area contributed by atoms with Crippen molar-refractivity contribution < 1.29 is 0 Å². The minimum atomic E-state index is 0.119. The van der Waals surface area contributed by atoms with Gasteiger partial charge in [0.1, 0.15) is 0 Å². The van der Waals surface area contributed by atoms with E-state index in [0.717, 1.165) is 24.8 Å². The zero-order valence-corrected chi connectivity index (χ0v) is 10.3. The molecule has 0 saturated carbocycles. The van der Waals surface area contributed by atoms with Crippen LogP contribution in [0, 0.1) is 0 Å². The Balaban J connectivity index is 1.78. The highest BCUT2D eigenvalue weighted by atomic mass is 32.1. The number of aryl methyl sites for hydroxylation is 2. The average Bonchev–Trinajstić information content (AvgIpc) is 2.89. The summed E-state index contributed by atoms with van der Waals surface area (Å²) in [5.74, 6) is 0. The molecule has 0 spiro atoms. The van der Waals surface area contributed by atoms with E-state index in [4.69, 9.17) is 5.73 Å². The van der Waals surface area contributed by atoms with Crippen LogP contribution in [0.3, 0.4) is 0 Å². The van der Waals surface area contributed by atoms with E-state index >= 15 is 0 Å². The van der Waals surface area contributed by atoms with E-state index in [9.17, 15) is 0 Å². The summed E-state index contributed by atoms with van der Waals surface area (Å²) in [5, 5.41) is 6.26. The fraction of sp³-hybridized carbons (Fsp3) is 0.417. The highest BCUT2D eigenvalue weighted by Gasteiger charge is 2.07. The molecule has 4 heteroatoms. The van der Waals surface area contributed by atoms with Gasteiger partial charge in [-0.15, -0.1) is 11.3 Å². The lowest BCUT2D eigenvalue weighted by molar-refractivity contribution is 0.613. The Bertz CT molecular complexity index is 419. The molecular weight excluding hydrogens is 218 g/mol. The molecular formula is C12H17N3S. The summed E-state index contributed by atoms with van der Waals surface area (Å²) in [6.45, 7) is 0. The fourth-order valence-corrected chi connectivity index (χ4v) is 2.50. The smallest absolute Gasteiger partial charge is 0.0537 e. The zero-order chi connectivity index (χ0) is 11.4. The molecule has 0 radical (unpaired) electrons. The Hall–Kier alpha value is -1.13. The summed E-state index contributed by atoms with van der Waals surface area (Å²) in [4.78, 5) is 1.44. The minimum Gasteiger partial charge on any atom is -0.324 e. The van der Waals surface area contributed by atoms with Gasteiger partial charge in [0.25, 0.3) is 0 Å². The molecule has 0 bridgehead atoms. The lowest BCUT2D eigenvalue weighted by atomic mass is 10.1. The van der Waals surface area contributed by atoms with Gasteiger partial charge in [-0.2, -0.15) is 5.10 Å². The summed E-state index contributed by atoms with van der Waals surface area (Å²) in [6, 6.07) is 4.40. The van der Waals surface area contributed by atoms with E-state index in [0.29, 0.717) is 0 Å². The van der Waals surface area contributed by atoms with Crippen LogP contribution >= 0.6 is 11.3 Å². The molecule has 1 atom stereocenters. The number of nitrogens with zero attached hydrogens (tertiary/aromatic N) is 2. The lowest BCUT2D eigenvalue weighted by Crippen LogP contribution is -2.09. The molecule has 0 aromatic carbocycles. The number of aromatic nitrogens is 2.